The minimum atomic E-state index is -0.600. The normalized spacial score (nSPS) is 11.3. The Kier molecular flexibility index (Phi) is 4.42. The molecule has 0 aliphatic rings. The predicted molar refractivity (Wildman–Crippen MR) is 43.5 cm³/mol. The Balaban J connectivity index is 3.82. The summed E-state index contributed by atoms with van der Waals surface area (Å²) in [6, 6.07) is 0. The van der Waals surface area contributed by atoms with Crippen LogP contribution in [-0.2, 0) is 4.79 Å². The van der Waals surface area contributed by atoms with Crippen LogP contribution in [-0.4, -0.2) is 25.0 Å². The number of nitrogens with one attached hydrogen (secondary N) is 1. The largest absolute Gasteiger partial charge is 0.353 e. The van der Waals surface area contributed by atoms with Gasteiger partial charge in [0.25, 0.3) is 0 Å². The van der Waals surface area contributed by atoms with Gasteiger partial charge in [0.1, 0.15) is 6.67 Å². The predicted octanol–water partition coefficient (Wildman–Crippen LogP) is 1.34. The van der Waals surface area contributed by atoms with Crippen molar-refractivity contribution in [3.05, 3.63) is 0 Å². The van der Waals surface area contributed by atoms with Crippen molar-refractivity contribution < 1.29 is 9.18 Å². The summed E-state index contributed by atoms with van der Waals surface area (Å²) in [5, 5.41) is 2.43. The Hall–Kier alpha value is -0.310. The molecule has 0 radical (unpaired) electrons. The molecule has 0 aliphatic carbocycles. The fourth-order valence-electron chi connectivity index (χ4n) is 0.461. The van der Waals surface area contributed by atoms with Gasteiger partial charge in [-0.2, -0.15) is 0 Å². The molecule has 0 fully saturated rings. The number of hydrogen-bond acceptors (Lipinski definition) is 1. The third-order valence-corrected chi connectivity index (χ3v) is 2.00. The van der Waals surface area contributed by atoms with E-state index in [9.17, 15) is 9.18 Å². The van der Waals surface area contributed by atoms with Crippen LogP contribution in [0.25, 0.3) is 0 Å². The Morgan fingerprint density at radius 2 is 2.18 bits per heavy atom. The second-order valence-electron chi connectivity index (χ2n) is 2.96. The monoisotopic (exact) mass is 181 g/mol. The minimum absolute atomic E-state index is 0.0686. The average Bonchev–Trinajstić information content (AvgIpc) is 2.00. The summed E-state index contributed by atoms with van der Waals surface area (Å²) in [6.45, 7) is 2.96. The number of amides is 1. The van der Waals surface area contributed by atoms with Gasteiger partial charge in [0.2, 0.25) is 5.91 Å². The molecule has 1 N–H and O–H groups in total. The topological polar surface area (TPSA) is 29.1 Å². The Bertz CT molecular complexity index is 138. The first-order valence-corrected chi connectivity index (χ1v) is 3.98. The second kappa shape index (κ2) is 4.54. The van der Waals surface area contributed by atoms with Gasteiger partial charge in [-0.15, -0.1) is 11.6 Å². The first kappa shape index (κ1) is 10.7. The lowest BCUT2D eigenvalue weighted by Crippen LogP contribution is -2.39. The van der Waals surface area contributed by atoms with Crippen molar-refractivity contribution in [2.75, 3.05) is 19.1 Å². The lowest BCUT2D eigenvalue weighted by Gasteiger charge is -2.19. The van der Waals surface area contributed by atoms with Crippen molar-refractivity contribution in [1.29, 1.82) is 0 Å². The average molecular weight is 182 g/mol. The van der Waals surface area contributed by atoms with Gasteiger partial charge in [-0.05, 0) is 13.8 Å². The van der Waals surface area contributed by atoms with Crippen molar-refractivity contribution >= 4 is 17.5 Å². The fraction of sp³-hybridized carbons (Fsp3) is 0.857. The Morgan fingerprint density at radius 3 is 2.55 bits per heavy atom. The summed E-state index contributed by atoms with van der Waals surface area (Å²) >= 11 is 5.51. The van der Waals surface area contributed by atoms with Crippen molar-refractivity contribution in [3.63, 3.8) is 0 Å². The molecule has 0 spiro atoms. The van der Waals surface area contributed by atoms with Crippen molar-refractivity contribution in [3.8, 4) is 0 Å². The third kappa shape index (κ3) is 3.56. The van der Waals surface area contributed by atoms with Gasteiger partial charge >= 0.3 is 0 Å². The van der Waals surface area contributed by atoms with E-state index >= 15 is 0 Å². The maximum Gasteiger partial charge on any atom is 0.226 e. The molecule has 0 aromatic rings. The summed E-state index contributed by atoms with van der Waals surface area (Å²) in [7, 11) is 0. The highest BCUT2D eigenvalue weighted by Crippen LogP contribution is 2.16. The summed E-state index contributed by atoms with van der Waals surface area (Å²) in [5.74, 6) is 0.0376. The molecule has 0 aromatic heterocycles. The first-order valence-electron chi connectivity index (χ1n) is 3.45. The summed E-state index contributed by atoms with van der Waals surface area (Å²) in [5.41, 5.74) is -0.600. The molecule has 0 rings (SSSR count). The highest BCUT2D eigenvalue weighted by atomic mass is 35.5. The molecule has 1 amide bonds. The lowest BCUT2D eigenvalue weighted by molar-refractivity contribution is -0.128. The molecule has 0 aromatic carbocycles. The molecular weight excluding hydrogens is 169 g/mol. The van der Waals surface area contributed by atoms with Crippen LogP contribution in [0.4, 0.5) is 4.39 Å². The zero-order valence-corrected chi connectivity index (χ0v) is 7.54. The highest BCUT2D eigenvalue weighted by molar-refractivity contribution is 6.19. The van der Waals surface area contributed by atoms with Crippen molar-refractivity contribution in [2.45, 2.75) is 13.8 Å². The van der Waals surface area contributed by atoms with Crippen LogP contribution in [0, 0.1) is 5.41 Å². The van der Waals surface area contributed by atoms with Crippen LogP contribution in [0.5, 0.6) is 0 Å². The molecule has 66 valence electrons. The minimum Gasteiger partial charge on any atom is -0.353 e. The summed E-state index contributed by atoms with van der Waals surface area (Å²) in [6.07, 6.45) is 0. The van der Waals surface area contributed by atoms with E-state index in [1.54, 1.807) is 13.8 Å². The van der Waals surface area contributed by atoms with Gasteiger partial charge in [0, 0.05) is 12.4 Å². The molecule has 4 heteroatoms. The van der Waals surface area contributed by atoms with Crippen LogP contribution in [0.15, 0.2) is 0 Å². The maximum absolute atomic E-state index is 11.6. The van der Waals surface area contributed by atoms with Crippen LogP contribution in [0.1, 0.15) is 13.8 Å². The zero-order valence-electron chi connectivity index (χ0n) is 6.79. The standard InChI is InChI=1S/C7H13ClFNO/c1-7(2,5-8)6(11)10-4-3-9/h3-5H2,1-2H3,(H,10,11). The number of carbonyl (C=O) groups excluding carboxylic acids is 1. The molecule has 0 unspecified atom stereocenters. The van der Waals surface area contributed by atoms with Gasteiger partial charge in [-0.25, -0.2) is 4.39 Å². The number of rotatable bonds is 4. The lowest BCUT2D eigenvalue weighted by atomic mass is 9.95. The Labute approximate surface area is 71.1 Å². The van der Waals surface area contributed by atoms with E-state index in [0.29, 0.717) is 0 Å². The van der Waals surface area contributed by atoms with E-state index in [1.165, 1.54) is 0 Å². The van der Waals surface area contributed by atoms with E-state index < -0.39 is 12.1 Å². The van der Waals surface area contributed by atoms with E-state index in [4.69, 9.17) is 11.6 Å². The molecule has 11 heavy (non-hydrogen) atoms. The van der Waals surface area contributed by atoms with E-state index in [0.717, 1.165) is 0 Å². The third-order valence-electron chi connectivity index (χ3n) is 1.33. The number of alkyl halides is 2. The number of halogens is 2. The fourth-order valence-corrected chi connectivity index (χ4v) is 0.582. The van der Waals surface area contributed by atoms with Gasteiger partial charge in [-0.1, -0.05) is 0 Å². The van der Waals surface area contributed by atoms with Crippen LogP contribution in [0.3, 0.4) is 0 Å². The molecule has 0 saturated carbocycles. The molecule has 0 aliphatic heterocycles. The summed E-state index contributed by atoms with van der Waals surface area (Å²) in [4.78, 5) is 11.1. The molecule has 2 nitrogen and oxygen atoms in total. The van der Waals surface area contributed by atoms with E-state index in [1.807, 2.05) is 0 Å². The van der Waals surface area contributed by atoms with Crippen molar-refractivity contribution in [2.24, 2.45) is 5.41 Å². The van der Waals surface area contributed by atoms with Crippen LogP contribution >= 0.6 is 11.6 Å². The molecule has 0 heterocycles. The Morgan fingerprint density at radius 1 is 1.64 bits per heavy atom. The van der Waals surface area contributed by atoms with Gasteiger partial charge in [0.05, 0.1) is 5.41 Å². The van der Waals surface area contributed by atoms with Gasteiger partial charge < -0.3 is 5.32 Å². The number of hydrogen-bond donors (Lipinski definition) is 1. The van der Waals surface area contributed by atoms with Gasteiger partial charge in [-0.3, -0.25) is 4.79 Å². The molecule has 0 saturated heterocycles. The van der Waals surface area contributed by atoms with Crippen LogP contribution in [0.2, 0.25) is 0 Å². The summed E-state index contributed by atoms with van der Waals surface area (Å²) < 4.78 is 11.6. The van der Waals surface area contributed by atoms with E-state index in [2.05, 4.69) is 5.32 Å². The molecule has 0 atom stereocenters. The quantitative estimate of drug-likeness (QED) is 0.652. The molecular formula is C7H13ClFNO. The highest BCUT2D eigenvalue weighted by Gasteiger charge is 2.25. The smallest absolute Gasteiger partial charge is 0.226 e. The SMILES string of the molecule is CC(C)(CCl)C(=O)NCCF. The van der Waals surface area contributed by atoms with Crippen LogP contribution < -0.4 is 5.32 Å². The zero-order chi connectivity index (χ0) is 8.91. The first-order chi connectivity index (χ1) is 5.04. The number of carbonyl (C=O) groups is 1. The molecule has 0 bridgehead atoms. The van der Waals surface area contributed by atoms with Gasteiger partial charge in [0.15, 0.2) is 0 Å². The second-order valence-corrected chi connectivity index (χ2v) is 3.23. The van der Waals surface area contributed by atoms with Crippen molar-refractivity contribution in [1.82, 2.24) is 5.32 Å². The maximum atomic E-state index is 11.6. The van der Waals surface area contributed by atoms with E-state index in [-0.39, 0.29) is 18.3 Å².